The number of anilines is 1. The molecule has 0 aliphatic heterocycles. The van der Waals surface area contributed by atoms with Gasteiger partial charge in [-0.05, 0) is 37.1 Å². The van der Waals surface area contributed by atoms with Crippen LogP contribution in [0.25, 0.3) is 0 Å². The van der Waals surface area contributed by atoms with Gasteiger partial charge >= 0.3 is 6.03 Å². The zero-order valence-electron chi connectivity index (χ0n) is 12.4. The summed E-state index contributed by atoms with van der Waals surface area (Å²) < 4.78 is 0. The van der Waals surface area contributed by atoms with Crippen LogP contribution in [-0.2, 0) is 0 Å². The molecule has 0 atom stereocenters. The van der Waals surface area contributed by atoms with Crippen LogP contribution in [-0.4, -0.2) is 25.5 Å². The van der Waals surface area contributed by atoms with E-state index in [4.69, 9.17) is 0 Å². The minimum Gasteiger partial charge on any atom is -0.355 e. The molecule has 5 heteroatoms. The van der Waals surface area contributed by atoms with E-state index in [1.165, 1.54) is 0 Å². The quantitative estimate of drug-likeness (QED) is 0.700. The normalized spacial score (nSPS) is 9.95. The fraction of sp³-hybridized carbons (Fsp3) is 0.467. The van der Waals surface area contributed by atoms with Crippen molar-refractivity contribution in [3.8, 4) is 0 Å². The SMILES string of the molecule is CCCCCNC(=O)Nc1ccc(C(=O)NC)cc1C. The third kappa shape index (κ3) is 4.91. The number of carbonyl (C=O) groups excluding carboxylic acids is 2. The number of hydrogen-bond donors (Lipinski definition) is 3. The summed E-state index contributed by atoms with van der Waals surface area (Å²) in [6.45, 7) is 4.66. The van der Waals surface area contributed by atoms with Gasteiger partial charge in [0.05, 0.1) is 0 Å². The molecule has 0 aliphatic carbocycles. The lowest BCUT2D eigenvalue weighted by Crippen LogP contribution is -2.29. The number of benzene rings is 1. The van der Waals surface area contributed by atoms with E-state index in [0.29, 0.717) is 17.8 Å². The van der Waals surface area contributed by atoms with Crippen molar-refractivity contribution in [3.63, 3.8) is 0 Å². The zero-order valence-corrected chi connectivity index (χ0v) is 12.4. The molecule has 0 saturated carbocycles. The lowest BCUT2D eigenvalue weighted by molar-refractivity contribution is 0.0963. The number of rotatable bonds is 6. The Morgan fingerprint density at radius 3 is 2.55 bits per heavy atom. The number of amides is 3. The number of nitrogens with one attached hydrogen (secondary N) is 3. The molecule has 0 aliphatic rings. The van der Waals surface area contributed by atoms with E-state index in [1.54, 1.807) is 25.2 Å². The Bertz CT molecular complexity index is 472. The second-order valence-corrected chi connectivity index (χ2v) is 4.70. The highest BCUT2D eigenvalue weighted by Gasteiger charge is 2.07. The first-order valence-corrected chi connectivity index (χ1v) is 6.96. The van der Waals surface area contributed by atoms with Gasteiger partial charge in [0.1, 0.15) is 0 Å². The molecule has 0 fully saturated rings. The lowest BCUT2D eigenvalue weighted by atomic mass is 10.1. The maximum atomic E-state index is 11.7. The highest BCUT2D eigenvalue weighted by atomic mass is 16.2. The second kappa shape index (κ2) is 8.19. The van der Waals surface area contributed by atoms with Crippen molar-refractivity contribution < 1.29 is 9.59 Å². The number of carbonyl (C=O) groups is 2. The van der Waals surface area contributed by atoms with Gasteiger partial charge in [-0.3, -0.25) is 4.79 Å². The van der Waals surface area contributed by atoms with E-state index in [1.807, 2.05) is 6.92 Å². The molecule has 0 unspecified atom stereocenters. The number of aryl methyl sites for hydroxylation is 1. The predicted octanol–water partition coefficient (Wildman–Crippen LogP) is 2.67. The van der Waals surface area contributed by atoms with Crippen LogP contribution in [0.3, 0.4) is 0 Å². The van der Waals surface area contributed by atoms with E-state index in [9.17, 15) is 9.59 Å². The van der Waals surface area contributed by atoms with Crippen molar-refractivity contribution in [2.45, 2.75) is 33.1 Å². The fourth-order valence-electron chi connectivity index (χ4n) is 1.83. The minimum absolute atomic E-state index is 0.135. The number of urea groups is 1. The molecule has 0 bridgehead atoms. The largest absolute Gasteiger partial charge is 0.355 e. The monoisotopic (exact) mass is 277 g/mol. The van der Waals surface area contributed by atoms with Crippen LogP contribution in [0.15, 0.2) is 18.2 Å². The molecule has 0 saturated heterocycles. The van der Waals surface area contributed by atoms with Crippen LogP contribution in [0.4, 0.5) is 10.5 Å². The Morgan fingerprint density at radius 2 is 1.95 bits per heavy atom. The molecule has 3 N–H and O–H groups in total. The molecule has 0 aromatic heterocycles. The van der Waals surface area contributed by atoms with Gasteiger partial charge in [0.15, 0.2) is 0 Å². The molecule has 1 aromatic rings. The molecule has 0 heterocycles. The molecule has 0 spiro atoms. The number of unbranched alkanes of at least 4 members (excludes halogenated alkanes) is 2. The smallest absolute Gasteiger partial charge is 0.319 e. The van der Waals surface area contributed by atoms with Crippen LogP contribution < -0.4 is 16.0 Å². The van der Waals surface area contributed by atoms with Crippen molar-refractivity contribution in [2.75, 3.05) is 18.9 Å². The van der Waals surface area contributed by atoms with Gasteiger partial charge in [-0.1, -0.05) is 19.8 Å². The molecule has 3 amide bonds. The summed E-state index contributed by atoms with van der Waals surface area (Å²) in [4.78, 5) is 23.2. The van der Waals surface area contributed by atoms with Crippen molar-refractivity contribution in [1.82, 2.24) is 10.6 Å². The lowest BCUT2D eigenvalue weighted by Gasteiger charge is -2.11. The summed E-state index contributed by atoms with van der Waals surface area (Å²) >= 11 is 0. The Hall–Kier alpha value is -2.04. The third-order valence-electron chi connectivity index (χ3n) is 3.03. The summed E-state index contributed by atoms with van der Waals surface area (Å²) in [5, 5.41) is 8.17. The highest BCUT2D eigenvalue weighted by molar-refractivity contribution is 5.96. The molecular formula is C15H23N3O2. The fourth-order valence-corrected chi connectivity index (χ4v) is 1.83. The Balaban J connectivity index is 2.55. The molecule has 1 rings (SSSR count). The average Bonchev–Trinajstić information content (AvgIpc) is 2.45. The minimum atomic E-state index is -0.211. The van der Waals surface area contributed by atoms with Gasteiger partial charge in [0, 0.05) is 24.8 Å². The van der Waals surface area contributed by atoms with E-state index in [-0.39, 0.29) is 11.9 Å². The Labute approximate surface area is 120 Å². The Kier molecular flexibility index (Phi) is 6.56. The maximum Gasteiger partial charge on any atom is 0.319 e. The molecule has 20 heavy (non-hydrogen) atoms. The van der Waals surface area contributed by atoms with Gasteiger partial charge in [-0.25, -0.2) is 4.79 Å². The van der Waals surface area contributed by atoms with Crippen LogP contribution in [0.5, 0.6) is 0 Å². The third-order valence-corrected chi connectivity index (χ3v) is 3.03. The van der Waals surface area contributed by atoms with E-state index >= 15 is 0 Å². The first-order chi connectivity index (χ1) is 9.58. The first-order valence-electron chi connectivity index (χ1n) is 6.96. The zero-order chi connectivity index (χ0) is 15.0. The van der Waals surface area contributed by atoms with Gasteiger partial charge < -0.3 is 16.0 Å². The van der Waals surface area contributed by atoms with Crippen molar-refractivity contribution in [3.05, 3.63) is 29.3 Å². The van der Waals surface area contributed by atoms with Crippen LogP contribution in [0.1, 0.15) is 42.1 Å². The summed E-state index contributed by atoms with van der Waals surface area (Å²) in [6.07, 6.45) is 3.22. The number of hydrogen-bond acceptors (Lipinski definition) is 2. The summed E-state index contributed by atoms with van der Waals surface area (Å²) in [5.41, 5.74) is 2.15. The second-order valence-electron chi connectivity index (χ2n) is 4.70. The van der Waals surface area contributed by atoms with Gasteiger partial charge in [0.2, 0.25) is 0 Å². The molecular weight excluding hydrogens is 254 g/mol. The summed E-state index contributed by atoms with van der Waals surface area (Å²) in [6, 6.07) is 4.98. The average molecular weight is 277 g/mol. The van der Waals surface area contributed by atoms with E-state index in [0.717, 1.165) is 24.8 Å². The topological polar surface area (TPSA) is 70.2 Å². The van der Waals surface area contributed by atoms with E-state index < -0.39 is 0 Å². The maximum absolute atomic E-state index is 11.7. The van der Waals surface area contributed by atoms with Crippen LogP contribution in [0, 0.1) is 6.92 Å². The van der Waals surface area contributed by atoms with Crippen molar-refractivity contribution in [1.29, 1.82) is 0 Å². The van der Waals surface area contributed by atoms with Crippen LogP contribution >= 0.6 is 0 Å². The summed E-state index contributed by atoms with van der Waals surface area (Å²) in [5.74, 6) is -0.135. The standard InChI is InChI=1S/C15H23N3O2/c1-4-5-6-9-17-15(20)18-13-8-7-12(10-11(13)2)14(19)16-3/h7-8,10H,4-6,9H2,1-3H3,(H,16,19)(H2,17,18,20). The highest BCUT2D eigenvalue weighted by Crippen LogP contribution is 2.16. The predicted molar refractivity (Wildman–Crippen MR) is 81.1 cm³/mol. The van der Waals surface area contributed by atoms with Crippen molar-refractivity contribution >= 4 is 17.6 Å². The molecule has 5 nitrogen and oxygen atoms in total. The van der Waals surface area contributed by atoms with Crippen LogP contribution in [0.2, 0.25) is 0 Å². The molecule has 1 aromatic carbocycles. The van der Waals surface area contributed by atoms with E-state index in [2.05, 4.69) is 22.9 Å². The summed E-state index contributed by atoms with van der Waals surface area (Å²) in [7, 11) is 1.59. The van der Waals surface area contributed by atoms with Gasteiger partial charge in [-0.15, -0.1) is 0 Å². The molecule has 110 valence electrons. The molecule has 0 radical (unpaired) electrons. The first kappa shape index (κ1) is 16.0. The van der Waals surface area contributed by atoms with Crippen molar-refractivity contribution in [2.24, 2.45) is 0 Å². The Morgan fingerprint density at radius 1 is 1.20 bits per heavy atom. The van der Waals surface area contributed by atoms with Gasteiger partial charge in [0.25, 0.3) is 5.91 Å². The van der Waals surface area contributed by atoms with Gasteiger partial charge in [-0.2, -0.15) is 0 Å².